The first kappa shape index (κ1) is 13.6. The molecule has 1 atom stereocenters. The smallest absolute Gasteiger partial charge is 0.122 e. The number of hydrogen-bond donors (Lipinski definition) is 1. The highest BCUT2D eigenvalue weighted by molar-refractivity contribution is 5.37. The van der Waals surface area contributed by atoms with Gasteiger partial charge in [0.05, 0.1) is 12.8 Å². The lowest BCUT2D eigenvalue weighted by molar-refractivity contribution is 0.172. The van der Waals surface area contributed by atoms with Crippen LogP contribution >= 0.6 is 0 Å². The summed E-state index contributed by atoms with van der Waals surface area (Å²) in [5, 5.41) is 10.3. The van der Waals surface area contributed by atoms with Gasteiger partial charge in [0, 0.05) is 12.6 Å². The van der Waals surface area contributed by atoms with Gasteiger partial charge < -0.3 is 9.84 Å². The van der Waals surface area contributed by atoms with Crippen LogP contribution in [0.5, 0.6) is 5.75 Å². The molecule has 1 aromatic heterocycles. The van der Waals surface area contributed by atoms with Crippen molar-refractivity contribution in [3.05, 3.63) is 58.9 Å². The lowest BCUT2D eigenvalue weighted by Crippen LogP contribution is -2.05. The van der Waals surface area contributed by atoms with Gasteiger partial charge in [-0.2, -0.15) is 0 Å². The number of benzene rings is 1. The van der Waals surface area contributed by atoms with Crippen LogP contribution in [0.15, 0.2) is 36.5 Å². The largest absolute Gasteiger partial charge is 0.496 e. The van der Waals surface area contributed by atoms with Gasteiger partial charge in [0.15, 0.2) is 0 Å². The van der Waals surface area contributed by atoms with Crippen molar-refractivity contribution in [3.63, 3.8) is 0 Å². The Morgan fingerprint density at radius 2 is 1.89 bits per heavy atom. The summed E-state index contributed by atoms with van der Waals surface area (Å²) in [4.78, 5) is 4.26. The Bertz CT molecular complexity index is 549. The van der Waals surface area contributed by atoms with Crippen molar-refractivity contribution in [2.45, 2.75) is 26.4 Å². The van der Waals surface area contributed by atoms with E-state index in [1.165, 1.54) is 0 Å². The number of pyridine rings is 1. The lowest BCUT2D eigenvalue weighted by Gasteiger charge is -2.14. The maximum atomic E-state index is 10.3. The van der Waals surface area contributed by atoms with E-state index in [1.807, 2.05) is 44.2 Å². The quantitative estimate of drug-likeness (QED) is 0.915. The van der Waals surface area contributed by atoms with Crippen molar-refractivity contribution in [1.29, 1.82) is 0 Å². The van der Waals surface area contributed by atoms with Crippen LogP contribution in [0.25, 0.3) is 0 Å². The molecule has 0 aliphatic heterocycles. The molecule has 0 fully saturated rings. The molecule has 0 radical (unpaired) electrons. The van der Waals surface area contributed by atoms with E-state index < -0.39 is 6.10 Å². The minimum Gasteiger partial charge on any atom is -0.496 e. The molecule has 1 unspecified atom stereocenters. The van der Waals surface area contributed by atoms with Crippen molar-refractivity contribution in [1.82, 2.24) is 4.98 Å². The van der Waals surface area contributed by atoms with Gasteiger partial charge in [-0.1, -0.05) is 23.8 Å². The van der Waals surface area contributed by atoms with E-state index in [-0.39, 0.29) is 0 Å². The summed E-state index contributed by atoms with van der Waals surface area (Å²) in [6.07, 6.45) is 1.66. The monoisotopic (exact) mass is 257 g/mol. The van der Waals surface area contributed by atoms with E-state index in [0.29, 0.717) is 12.1 Å². The van der Waals surface area contributed by atoms with Crippen LogP contribution in [-0.2, 0) is 6.42 Å². The fourth-order valence-corrected chi connectivity index (χ4v) is 2.06. The molecule has 0 aliphatic carbocycles. The third-order valence-electron chi connectivity index (χ3n) is 3.12. The molecule has 1 N–H and O–H groups in total. The molecule has 2 aromatic rings. The topological polar surface area (TPSA) is 42.4 Å². The van der Waals surface area contributed by atoms with Gasteiger partial charge in [-0.25, -0.2) is 0 Å². The molecule has 0 aliphatic rings. The molecule has 1 aromatic carbocycles. The second kappa shape index (κ2) is 5.85. The van der Waals surface area contributed by atoms with E-state index in [0.717, 1.165) is 22.4 Å². The normalized spacial score (nSPS) is 12.2. The fraction of sp³-hybridized carbons (Fsp3) is 0.312. The SMILES string of the molecule is COc1ccc(C)cc1CC(O)c1ccc(C)cn1. The first-order valence-electron chi connectivity index (χ1n) is 6.34. The Hall–Kier alpha value is -1.87. The average molecular weight is 257 g/mol. The summed E-state index contributed by atoms with van der Waals surface area (Å²) < 4.78 is 5.32. The minimum absolute atomic E-state index is 0.501. The minimum atomic E-state index is -0.615. The summed E-state index contributed by atoms with van der Waals surface area (Å²) in [5.41, 5.74) is 3.93. The van der Waals surface area contributed by atoms with Gasteiger partial charge in [-0.3, -0.25) is 4.98 Å². The van der Waals surface area contributed by atoms with E-state index >= 15 is 0 Å². The van der Waals surface area contributed by atoms with E-state index in [9.17, 15) is 5.11 Å². The number of hydrogen-bond acceptors (Lipinski definition) is 3. The third-order valence-corrected chi connectivity index (χ3v) is 3.12. The molecule has 2 rings (SSSR count). The van der Waals surface area contributed by atoms with Crippen LogP contribution in [0.2, 0.25) is 0 Å². The Morgan fingerprint density at radius 3 is 2.53 bits per heavy atom. The highest BCUT2D eigenvalue weighted by Crippen LogP contribution is 2.25. The van der Waals surface area contributed by atoms with Gasteiger partial charge >= 0.3 is 0 Å². The van der Waals surface area contributed by atoms with Gasteiger partial charge in [0.25, 0.3) is 0 Å². The van der Waals surface area contributed by atoms with E-state index in [2.05, 4.69) is 4.98 Å². The molecule has 0 saturated carbocycles. The standard InChI is InChI=1S/C16H19NO2/c1-11-5-7-16(19-3)13(8-11)9-15(18)14-6-4-12(2)10-17-14/h4-8,10,15,18H,9H2,1-3H3. The zero-order valence-corrected chi connectivity index (χ0v) is 11.6. The first-order chi connectivity index (χ1) is 9.10. The predicted molar refractivity (Wildman–Crippen MR) is 75.4 cm³/mol. The van der Waals surface area contributed by atoms with Crippen LogP contribution in [0.3, 0.4) is 0 Å². The second-order valence-corrected chi connectivity index (χ2v) is 4.80. The summed E-state index contributed by atoms with van der Waals surface area (Å²) >= 11 is 0. The molecule has 1 heterocycles. The number of aromatic nitrogens is 1. The number of aliphatic hydroxyl groups is 1. The van der Waals surface area contributed by atoms with Gasteiger partial charge in [-0.15, -0.1) is 0 Å². The highest BCUT2D eigenvalue weighted by atomic mass is 16.5. The molecule has 19 heavy (non-hydrogen) atoms. The Balaban J connectivity index is 2.20. The molecular formula is C16H19NO2. The molecule has 100 valence electrons. The molecule has 0 saturated heterocycles. The summed E-state index contributed by atoms with van der Waals surface area (Å²) in [6.45, 7) is 4.01. The van der Waals surface area contributed by atoms with Crippen molar-refractivity contribution < 1.29 is 9.84 Å². The number of rotatable bonds is 4. The molecule has 3 nitrogen and oxygen atoms in total. The lowest BCUT2D eigenvalue weighted by atomic mass is 10.0. The van der Waals surface area contributed by atoms with Crippen LogP contribution in [0, 0.1) is 13.8 Å². The van der Waals surface area contributed by atoms with Crippen LogP contribution in [0.4, 0.5) is 0 Å². The van der Waals surface area contributed by atoms with Gasteiger partial charge in [-0.05, 0) is 37.1 Å². The third kappa shape index (κ3) is 3.32. The van der Waals surface area contributed by atoms with Crippen molar-refractivity contribution in [2.24, 2.45) is 0 Å². The maximum absolute atomic E-state index is 10.3. The molecule has 0 spiro atoms. The fourth-order valence-electron chi connectivity index (χ4n) is 2.06. The van der Waals surface area contributed by atoms with E-state index in [1.54, 1.807) is 13.3 Å². The van der Waals surface area contributed by atoms with Crippen LogP contribution in [0.1, 0.15) is 28.5 Å². The molecule has 3 heteroatoms. The van der Waals surface area contributed by atoms with Crippen molar-refractivity contribution in [3.8, 4) is 5.75 Å². The zero-order valence-electron chi connectivity index (χ0n) is 11.6. The number of ether oxygens (including phenoxy) is 1. The Labute approximate surface area is 113 Å². The van der Waals surface area contributed by atoms with Gasteiger partial charge in [0.2, 0.25) is 0 Å². The predicted octanol–water partition coefficient (Wildman–Crippen LogP) is 2.98. The molecule has 0 amide bonds. The van der Waals surface area contributed by atoms with Crippen LogP contribution in [-0.4, -0.2) is 17.2 Å². The summed E-state index contributed by atoms with van der Waals surface area (Å²) in [6, 6.07) is 9.79. The Kier molecular flexibility index (Phi) is 4.17. The maximum Gasteiger partial charge on any atom is 0.122 e. The van der Waals surface area contributed by atoms with Gasteiger partial charge in [0.1, 0.15) is 11.9 Å². The Morgan fingerprint density at radius 1 is 1.16 bits per heavy atom. The highest BCUT2D eigenvalue weighted by Gasteiger charge is 2.13. The van der Waals surface area contributed by atoms with Crippen molar-refractivity contribution in [2.75, 3.05) is 7.11 Å². The number of aryl methyl sites for hydroxylation is 2. The van der Waals surface area contributed by atoms with Crippen molar-refractivity contribution >= 4 is 0 Å². The first-order valence-corrected chi connectivity index (χ1v) is 6.34. The number of nitrogens with zero attached hydrogens (tertiary/aromatic N) is 1. The summed E-state index contributed by atoms with van der Waals surface area (Å²) in [7, 11) is 1.64. The molecule has 0 bridgehead atoms. The van der Waals surface area contributed by atoms with E-state index in [4.69, 9.17) is 4.74 Å². The number of aliphatic hydroxyl groups excluding tert-OH is 1. The number of methoxy groups -OCH3 is 1. The molecular weight excluding hydrogens is 238 g/mol. The zero-order chi connectivity index (χ0) is 13.8. The second-order valence-electron chi connectivity index (χ2n) is 4.80. The van der Waals surface area contributed by atoms with Crippen LogP contribution < -0.4 is 4.74 Å². The average Bonchev–Trinajstić information content (AvgIpc) is 2.39. The summed E-state index contributed by atoms with van der Waals surface area (Å²) in [5.74, 6) is 0.803.